The zero-order chi connectivity index (χ0) is 12.7. The van der Waals surface area contributed by atoms with E-state index in [0.29, 0.717) is 6.04 Å². The van der Waals surface area contributed by atoms with Crippen molar-refractivity contribution in [1.29, 1.82) is 0 Å². The predicted octanol–water partition coefficient (Wildman–Crippen LogP) is 1.20. The van der Waals surface area contributed by atoms with Crippen molar-refractivity contribution in [1.82, 2.24) is 25.2 Å². The van der Waals surface area contributed by atoms with Gasteiger partial charge in [0.1, 0.15) is 0 Å². The molecule has 1 N–H and O–H groups in total. The fourth-order valence-electron chi connectivity index (χ4n) is 2.07. The van der Waals surface area contributed by atoms with Crippen LogP contribution < -0.4 is 5.32 Å². The average Bonchev–Trinajstić information content (AvgIpc) is 2.75. The topological polar surface area (TPSA) is 46.0 Å². The van der Waals surface area contributed by atoms with Gasteiger partial charge in [0.15, 0.2) is 0 Å². The van der Waals surface area contributed by atoms with E-state index in [1.807, 2.05) is 17.9 Å². The minimum atomic E-state index is 0.348. The zero-order valence-electron chi connectivity index (χ0n) is 11.5. The van der Waals surface area contributed by atoms with Crippen molar-refractivity contribution in [2.45, 2.75) is 33.2 Å². The summed E-state index contributed by atoms with van der Waals surface area (Å²) in [6.07, 6.45) is 2.95. The van der Waals surface area contributed by atoms with Gasteiger partial charge >= 0.3 is 0 Å². The standard InChI is InChI=1S/C12H25N5/c1-5-13-11(8-9-17(6-2)7-3)12-10-14-15-16(12)4/h10-11,13H,5-9H2,1-4H3. The molecule has 0 aliphatic carbocycles. The number of hydrogen-bond acceptors (Lipinski definition) is 4. The van der Waals surface area contributed by atoms with E-state index < -0.39 is 0 Å². The third-order valence-corrected chi connectivity index (χ3v) is 3.19. The van der Waals surface area contributed by atoms with Gasteiger partial charge in [-0.1, -0.05) is 26.0 Å². The summed E-state index contributed by atoms with van der Waals surface area (Å²) in [5, 5.41) is 11.5. The summed E-state index contributed by atoms with van der Waals surface area (Å²) in [6.45, 7) is 10.8. The number of hydrogen-bond donors (Lipinski definition) is 1. The van der Waals surface area contributed by atoms with E-state index in [0.717, 1.165) is 32.6 Å². The molecule has 0 radical (unpaired) electrons. The fraction of sp³-hybridized carbons (Fsp3) is 0.833. The zero-order valence-corrected chi connectivity index (χ0v) is 11.5. The van der Waals surface area contributed by atoms with Crippen molar-refractivity contribution in [3.63, 3.8) is 0 Å². The molecule has 0 saturated carbocycles. The van der Waals surface area contributed by atoms with Crippen molar-refractivity contribution in [3.05, 3.63) is 11.9 Å². The third kappa shape index (κ3) is 4.09. The number of rotatable bonds is 8. The summed E-state index contributed by atoms with van der Waals surface area (Å²) in [5.74, 6) is 0. The second kappa shape index (κ2) is 7.40. The van der Waals surface area contributed by atoms with Gasteiger partial charge in [-0.25, -0.2) is 0 Å². The van der Waals surface area contributed by atoms with Crippen molar-refractivity contribution in [3.8, 4) is 0 Å². The average molecular weight is 239 g/mol. The number of nitrogens with one attached hydrogen (secondary N) is 1. The van der Waals surface area contributed by atoms with E-state index >= 15 is 0 Å². The largest absolute Gasteiger partial charge is 0.309 e. The molecule has 1 atom stereocenters. The summed E-state index contributed by atoms with van der Waals surface area (Å²) in [4.78, 5) is 2.44. The number of aryl methyl sites for hydroxylation is 1. The maximum atomic E-state index is 4.00. The van der Waals surface area contributed by atoms with Gasteiger partial charge in [0, 0.05) is 7.05 Å². The van der Waals surface area contributed by atoms with Crippen molar-refractivity contribution in [2.24, 2.45) is 7.05 Å². The molecule has 1 rings (SSSR count). The van der Waals surface area contributed by atoms with Crippen LogP contribution in [0.2, 0.25) is 0 Å². The van der Waals surface area contributed by atoms with Crippen LogP contribution in [0, 0.1) is 0 Å². The Morgan fingerprint density at radius 2 is 2.06 bits per heavy atom. The molecule has 1 aromatic heterocycles. The molecule has 5 heteroatoms. The highest BCUT2D eigenvalue weighted by molar-refractivity contribution is 5.01. The van der Waals surface area contributed by atoms with Crippen molar-refractivity contribution < 1.29 is 0 Å². The minimum Gasteiger partial charge on any atom is -0.309 e. The van der Waals surface area contributed by atoms with Crippen LogP contribution in [-0.2, 0) is 7.05 Å². The Kier molecular flexibility index (Phi) is 6.15. The maximum Gasteiger partial charge on any atom is 0.0753 e. The van der Waals surface area contributed by atoms with Crippen molar-refractivity contribution in [2.75, 3.05) is 26.2 Å². The summed E-state index contributed by atoms with van der Waals surface area (Å²) in [7, 11) is 1.95. The van der Waals surface area contributed by atoms with Gasteiger partial charge in [-0.15, -0.1) is 5.10 Å². The highest BCUT2D eigenvalue weighted by Gasteiger charge is 2.15. The normalized spacial score (nSPS) is 13.2. The first kappa shape index (κ1) is 14.1. The van der Waals surface area contributed by atoms with Gasteiger partial charge in [0.25, 0.3) is 0 Å². The lowest BCUT2D eigenvalue weighted by atomic mass is 10.1. The molecule has 17 heavy (non-hydrogen) atoms. The Hall–Kier alpha value is -0.940. The van der Waals surface area contributed by atoms with E-state index in [1.54, 1.807) is 0 Å². The van der Waals surface area contributed by atoms with Crippen LogP contribution >= 0.6 is 0 Å². The molecule has 1 aromatic rings. The van der Waals surface area contributed by atoms with Crippen LogP contribution in [0.5, 0.6) is 0 Å². The van der Waals surface area contributed by atoms with Gasteiger partial charge in [0.2, 0.25) is 0 Å². The Bertz CT molecular complexity index is 306. The van der Waals surface area contributed by atoms with Crippen LogP contribution in [0.25, 0.3) is 0 Å². The Labute approximate surface area is 104 Å². The smallest absolute Gasteiger partial charge is 0.0753 e. The van der Waals surface area contributed by atoms with Crippen molar-refractivity contribution >= 4 is 0 Å². The van der Waals surface area contributed by atoms with Crippen LogP contribution in [0.1, 0.15) is 38.9 Å². The molecular weight excluding hydrogens is 214 g/mol. The third-order valence-electron chi connectivity index (χ3n) is 3.19. The lowest BCUT2D eigenvalue weighted by Gasteiger charge is -2.23. The van der Waals surface area contributed by atoms with Gasteiger partial charge in [0.05, 0.1) is 17.9 Å². The summed E-state index contributed by atoms with van der Waals surface area (Å²) in [5.41, 5.74) is 1.17. The molecule has 0 aliphatic rings. The summed E-state index contributed by atoms with van der Waals surface area (Å²) >= 11 is 0. The Morgan fingerprint density at radius 1 is 1.35 bits per heavy atom. The molecular formula is C12H25N5. The molecule has 0 spiro atoms. The Balaban J connectivity index is 2.58. The van der Waals surface area contributed by atoms with Gasteiger partial charge < -0.3 is 10.2 Å². The van der Waals surface area contributed by atoms with E-state index in [4.69, 9.17) is 0 Å². The summed E-state index contributed by atoms with van der Waals surface area (Å²) < 4.78 is 1.86. The molecule has 0 amide bonds. The lowest BCUT2D eigenvalue weighted by molar-refractivity contribution is 0.280. The quantitative estimate of drug-likeness (QED) is 0.740. The summed E-state index contributed by atoms with van der Waals surface area (Å²) in [6, 6.07) is 0.348. The Morgan fingerprint density at radius 3 is 2.53 bits per heavy atom. The van der Waals surface area contributed by atoms with E-state index in [-0.39, 0.29) is 0 Å². The monoisotopic (exact) mass is 239 g/mol. The molecule has 0 fully saturated rings. The second-order valence-electron chi connectivity index (χ2n) is 4.21. The van der Waals surface area contributed by atoms with Crippen LogP contribution in [0.3, 0.4) is 0 Å². The molecule has 5 nitrogen and oxygen atoms in total. The molecule has 0 saturated heterocycles. The second-order valence-corrected chi connectivity index (χ2v) is 4.21. The van der Waals surface area contributed by atoms with E-state index in [2.05, 4.69) is 41.3 Å². The number of aromatic nitrogens is 3. The molecule has 0 aromatic carbocycles. The maximum absolute atomic E-state index is 4.00. The SMILES string of the molecule is CCNC(CCN(CC)CC)c1cnnn1C. The van der Waals surface area contributed by atoms with Gasteiger partial charge in [-0.2, -0.15) is 0 Å². The van der Waals surface area contributed by atoms with Gasteiger partial charge in [-0.05, 0) is 32.6 Å². The molecule has 98 valence electrons. The molecule has 0 bridgehead atoms. The first-order valence-electron chi connectivity index (χ1n) is 6.53. The van der Waals surface area contributed by atoms with Crippen LogP contribution in [-0.4, -0.2) is 46.1 Å². The predicted molar refractivity (Wildman–Crippen MR) is 69.8 cm³/mol. The first-order chi connectivity index (χ1) is 8.22. The molecule has 1 unspecified atom stereocenters. The molecule has 1 heterocycles. The highest BCUT2D eigenvalue weighted by Crippen LogP contribution is 2.15. The fourth-order valence-corrected chi connectivity index (χ4v) is 2.07. The molecule has 0 aliphatic heterocycles. The first-order valence-corrected chi connectivity index (χ1v) is 6.53. The van der Waals surface area contributed by atoms with Crippen LogP contribution in [0.4, 0.5) is 0 Å². The van der Waals surface area contributed by atoms with E-state index in [9.17, 15) is 0 Å². The van der Waals surface area contributed by atoms with Crippen LogP contribution in [0.15, 0.2) is 6.20 Å². The number of nitrogens with zero attached hydrogens (tertiary/aromatic N) is 4. The lowest BCUT2D eigenvalue weighted by Crippen LogP contribution is -2.30. The van der Waals surface area contributed by atoms with E-state index in [1.165, 1.54) is 5.69 Å². The minimum absolute atomic E-state index is 0.348. The van der Waals surface area contributed by atoms with Gasteiger partial charge in [-0.3, -0.25) is 4.68 Å². The highest BCUT2D eigenvalue weighted by atomic mass is 15.4.